The van der Waals surface area contributed by atoms with E-state index in [1.165, 1.54) is 15.2 Å². The van der Waals surface area contributed by atoms with Crippen LogP contribution in [-0.4, -0.2) is 22.7 Å². The van der Waals surface area contributed by atoms with Gasteiger partial charge in [0.05, 0.1) is 20.5 Å². The summed E-state index contributed by atoms with van der Waals surface area (Å²) in [5, 5.41) is 4.14. The van der Waals surface area contributed by atoms with Crippen LogP contribution in [0.1, 0.15) is 10.6 Å². The standard InChI is InChI=1S/C18H16N2OS2/c21-18(16-11-12-5-1-3-7-14(12)22-16)19-10-9-17-20-13-6-2-4-8-15(13)23-17/h1-8,16H,9-11H2,(H,19,21). The molecule has 23 heavy (non-hydrogen) atoms. The number of rotatable bonds is 4. The smallest absolute Gasteiger partial charge is 0.233 e. The predicted molar refractivity (Wildman–Crippen MR) is 96.1 cm³/mol. The van der Waals surface area contributed by atoms with Gasteiger partial charge in [-0.1, -0.05) is 30.3 Å². The fraction of sp³-hybridized carbons (Fsp3) is 0.222. The average Bonchev–Trinajstić information content (AvgIpc) is 3.18. The van der Waals surface area contributed by atoms with Gasteiger partial charge in [0.15, 0.2) is 0 Å². The second-order valence-electron chi connectivity index (χ2n) is 5.53. The van der Waals surface area contributed by atoms with Gasteiger partial charge in [-0.25, -0.2) is 4.98 Å². The highest BCUT2D eigenvalue weighted by atomic mass is 32.2. The van der Waals surface area contributed by atoms with Crippen LogP contribution in [0.4, 0.5) is 0 Å². The van der Waals surface area contributed by atoms with Gasteiger partial charge in [0, 0.05) is 17.9 Å². The number of para-hydroxylation sites is 1. The quantitative estimate of drug-likeness (QED) is 0.788. The zero-order valence-corrected chi connectivity index (χ0v) is 14.1. The van der Waals surface area contributed by atoms with E-state index >= 15 is 0 Å². The lowest BCUT2D eigenvalue weighted by Crippen LogP contribution is -2.33. The van der Waals surface area contributed by atoms with Crippen LogP contribution in [0.25, 0.3) is 10.2 Å². The van der Waals surface area contributed by atoms with Gasteiger partial charge in [-0.05, 0) is 30.2 Å². The van der Waals surface area contributed by atoms with Gasteiger partial charge in [-0.2, -0.15) is 0 Å². The molecule has 4 rings (SSSR count). The van der Waals surface area contributed by atoms with Crippen LogP contribution in [0.5, 0.6) is 0 Å². The summed E-state index contributed by atoms with van der Waals surface area (Å²) in [6.45, 7) is 0.645. The molecule has 0 aliphatic carbocycles. The molecule has 0 saturated heterocycles. The molecule has 1 N–H and O–H groups in total. The van der Waals surface area contributed by atoms with Crippen molar-refractivity contribution in [1.82, 2.24) is 10.3 Å². The number of aromatic nitrogens is 1. The van der Waals surface area contributed by atoms with E-state index in [4.69, 9.17) is 0 Å². The fourth-order valence-electron chi connectivity index (χ4n) is 2.76. The van der Waals surface area contributed by atoms with Crippen molar-refractivity contribution in [1.29, 1.82) is 0 Å². The topological polar surface area (TPSA) is 42.0 Å². The van der Waals surface area contributed by atoms with Crippen LogP contribution in [0.2, 0.25) is 0 Å². The first kappa shape index (κ1) is 14.7. The summed E-state index contributed by atoms with van der Waals surface area (Å²) in [6.07, 6.45) is 1.61. The summed E-state index contributed by atoms with van der Waals surface area (Å²) < 4.78 is 1.20. The number of benzene rings is 2. The Labute approximate surface area is 143 Å². The molecule has 0 saturated carbocycles. The van der Waals surface area contributed by atoms with Crippen LogP contribution >= 0.6 is 23.1 Å². The largest absolute Gasteiger partial charge is 0.355 e. The van der Waals surface area contributed by atoms with E-state index in [0.29, 0.717) is 6.54 Å². The van der Waals surface area contributed by atoms with Gasteiger partial charge in [0.2, 0.25) is 5.91 Å². The second kappa shape index (κ2) is 6.34. The van der Waals surface area contributed by atoms with Gasteiger partial charge < -0.3 is 5.32 Å². The van der Waals surface area contributed by atoms with Crippen molar-refractivity contribution in [3.05, 3.63) is 59.1 Å². The normalized spacial score (nSPS) is 16.4. The number of hydrogen-bond donors (Lipinski definition) is 1. The van der Waals surface area contributed by atoms with E-state index in [-0.39, 0.29) is 11.2 Å². The van der Waals surface area contributed by atoms with Crippen LogP contribution in [0, 0.1) is 0 Å². The Hall–Kier alpha value is -1.85. The van der Waals surface area contributed by atoms with E-state index < -0.39 is 0 Å². The van der Waals surface area contributed by atoms with E-state index in [0.717, 1.165) is 23.4 Å². The molecule has 1 unspecified atom stereocenters. The molecule has 0 spiro atoms. The van der Waals surface area contributed by atoms with Crippen molar-refractivity contribution in [2.45, 2.75) is 23.0 Å². The summed E-state index contributed by atoms with van der Waals surface area (Å²) in [4.78, 5) is 18.2. The van der Waals surface area contributed by atoms with Gasteiger partial charge in [0.25, 0.3) is 0 Å². The highest BCUT2D eigenvalue weighted by molar-refractivity contribution is 8.01. The number of hydrogen-bond acceptors (Lipinski definition) is 4. The number of thiazole rings is 1. The van der Waals surface area contributed by atoms with E-state index in [9.17, 15) is 4.79 Å². The minimum Gasteiger partial charge on any atom is -0.355 e. The van der Waals surface area contributed by atoms with Crippen LogP contribution in [0.3, 0.4) is 0 Å². The van der Waals surface area contributed by atoms with Gasteiger partial charge >= 0.3 is 0 Å². The highest BCUT2D eigenvalue weighted by Gasteiger charge is 2.27. The minimum atomic E-state index is 0.00256. The van der Waals surface area contributed by atoms with Crippen LogP contribution in [0.15, 0.2) is 53.4 Å². The van der Waals surface area contributed by atoms with Gasteiger partial charge in [-0.3, -0.25) is 4.79 Å². The van der Waals surface area contributed by atoms with Crippen molar-refractivity contribution in [3.63, 3.8) is 0 Å². The highest BCUT2D eigenvalue weighted by Crippen LogP contribution is 2.36. The lowest BCUT2D eigenvalue weighted by Gasteiger charge is -2.09. The molecular formula is C18H16N2OS2. The SMILES string of the molecule is O=C(NCCc1nc2ccccc2s1)C1Cc2ccccc2S1. The Morgan fingerprint density at radius 2 is 2.00 bits per heavy atom. The van der Waals surface area contributed by atoms with Crippen LogP contribution in [-0.2, 0) is 17.6 Å². The summed E-state index contributed by atoms with van der Waals surface area (Å²) in [6, 6.07) is 16.4. The van der Waals surface area contributed by atoms with Crippen molar-refractivity contribution in [2.75, 3.05) is 6.54 Å². The summed E-state index contributed by atoms with van der Waals surface area (Å²) in [7, 11) is 0. The number of carbonyl (C=O) groups is 1. The molecule has 1 aromatic heterocycles. The lowest BCUT2D eigenvalue weighted by atomic mass is 10.1. The summed E-state index contributed by atoms with van der Waals surface area (Å²) >= 11 is 3.37. The Balaban J connectivity index is 1.32. The third kappa shape index (κ3) is 3.12. The maximum Gasteiger partial charge on any atom is 0.233 e. The number of nitrogens with zero attached hydrogens (tertiary/aromatic N) is 1. The third-order valence-electron chi connectivity index (χ3n) is 3.92. The number of fused-ring (bicyclic) bond motifs is 2. The van der Waals surface area contributed by atoms with Crippen molar-refractivity contribution in [2.24, 2.45) is 0 Å². The van der Waals surface area contributed by atoms with Crippen molar-refractivity contribution >= 4 is 39.2 Å². The van der Waals surface area contributed by atoms with Crippen molar-refractivity contribution in [3.8, 4) is 0 Å². The fourth-order valence-corrected chi connectivity index (χ4v) is 4.95. The molecule has 3 aromatic rings. The molecule has 116 valence electrons. The molecular weight excluding hydrogens is 324 g/mol. The maximum absolute atomic E-state index is 12.3. The molecule has 3 nitrogen and oxygen atoms in total. The maximum atomic E-state index is 12.3. The first-order valence-electron chi connectivity index (χ1n) is 7.66. The predicted octanol–water partition coefficient (Wildman–Crippen LogP) is 3.67. The van der Waals surface area contributed by atoms with E-state index in [2.05, 4.69) is 28.5 Å². The van der Waals surface area contributed by atoms with Crippen molar-refractivity contribution < 1.29 is 4.79 Å². The van der Waals surface area contributed by atoms with E-state index in [1.54, 1.807) is 23.1 Å². The average molecular weight is 340 g/mol. The first-order chi connectivity index (χ1) is 11.3. The van der Waals surface area contributed by atoms with Gasteiger partial charge in [-0.15, -0.1) is 23.1 Å². The molecule has 1 aliphatic rings. The van der Waals surface area contributed by atoms with E-state index in [1.807, 2.05) is 30.3 Å². The Bertz CT molecular complexity index is 801. The zero-order chi connectivity index (χ0) is 15.6. The second-order valence-corrected chi connectivity index (χ2v) is 7.89. The Morgan fingerprint density at radius 3 is 2.87 bits per heavy atom. The summed E-state index contributed by atoms with van der Waals surface area (Å²) in [5.41, 5.74) is 2.32. The molecule has 0 radical (unpaired) electrons. The number of carbonyl (C=O) groups excluding carboxylic acids is 1. The molecule has 5 heteroatoms. The molecule has 1 aliphatic heterocycles. The molecule has 2 aromatic carbocycles. The number of amides is 1. The Kier molecular flexibility index (Phi) is 4.06. The monoisotopic (exact) mass is 340 g/mol. The molecule has 0 fully saturated rings. The minimum absolute atomic E-state index is 0.00256. The number of nitrogens with one attached hydrogen (secondary N) is 1. The zero-order valence-electron chi connectivity index (χ0n) is 12.5. The molecule has 1 amide bonds. The first-order valence-corrected chi connectivity index (χ1v) is 9.36. The third-order valence-corrected chi connectivity index (χ3v) is 6.33. The molecule has 1 atom stereocenters. The number of thioether (sulfide) groups is 1. The molecule has 2 heterocycles. The lowest BCUT2D eigenvalue weighted by molar-refractivity contribution is -0.120. The van der Waals surface area contributed by atoms with Crippen LogP contribution < -0.4 is 5.32 Å². The summed E-state index contributed by atoms with van der Waals surface area (Å²) in [5.74, 6) is 0.132. The Morgan fingerprint density at radius 1 is 1.17 bits per heavy atom. The van der Waals surface area contributed by atoms with Gasteiger partial charge in [0.1, 0.15) is 0 Å². The molecule has 0 bridgehead atoms.